The highest BCUT2D eigenvalue weighted by Crippen LogP contribution is 2.17. The van der Waals surface area contributed by atoms with Crippen molar-refractivity contribution in [2.24, 2.45) is 5.73 Å². The molecule has 0 radical (unpaired) electrons. The van der Waals surface area contributed by atoms with E-state index >= 15 is 0 Å². The highest BCUT2D eigenvalue weighted by atomic mass is 16.5. The summed E-state index contributed by atoms with van der Waals surface area (Å²) in [6, 6.07) is 7.35. The molecule has 5 heteroatoms. The lowest BCUT2D eigenvalue weighted by Crippen LogP contribution is -2.45. The molecule has 0 bridgehead atoms. The van der Waals surface area contributed by atoms with Crippen molar-refractivity contribution in [2.75, 3.05) is 33.4 Å². The smallest absolute Gasteiger partial charge is 0.254 e. The maximum atomic E-state index is 12.4. The van der Waals surface area contributed by atoms with Crippen LogP contribution in [0, 0.1) is 0 Å². The zero-order valence-corrected chi connectivity index (χ0v) is 11.9. The van der Waals surface area contributed by atoms with Crippen LogP contribution < -0.4 is 10.5 Å². The third-order valence-electron chi connectivity index (χ3n) is 3.38. The van der Waals surface area contributed by atoms with Crippen molar-refractivity contribution >= 4 is 5.91 Å². The number of hydrogen-bond donors (Lipinski definition) is 1. The van der Waals surface area contributed by atoms with Crippen molar-refractivity contribution in [1.82, 2.24) is 4.90 Å². The fraction of sp³-hybridized carbons (Fsp3) is 0.533. The van der Waals surface area contributed by atoms with Gasteiger partial charge in [0.2, 0.25) is 0 Å². The Morgan fingerprint density at radius 3 is 3.05 bits per heavy atom. The minimum absolute atomic E-state index is 0.0253. The Morgan fingerprint density at radius 2 is 2.30 bits per heavy atom. The molecule has 1 atom stereocenters. The molecule has 110 valence electrons. The quantitative estimate of drug-likeness (QED) is 0.824. The Labute approximate surface area is 119 Å². The van der Waals surface area contributed by atoms with Crippen LogP contribution in [0.4, 0.5) is 0 Å². The lowest BCUT2D eigenvalue weighted by Gasteiger charge is -2.30. The number of rotatable bonds is 5. The predicted molar refractivity (Wildman–Crippen MR) is 76.9 cm³/mol. The van der Waals surface area contributed by atoms with Crippen molar-refractivity contribution in [3.05, 3.63) is 29.8 Å². The number of carbonyl (C=O) groups excluding carboxylic acids is 1. The molecule has 1 aromatic rings. The SMILES string of the molecule is COCCOc1cccc(C(=O)N2CCCC(N)C2)c1. The standard InChI is InChI=1S/C15H22N2O3/c1-19-8-9-20-14-6-2-4-12(10-14)15(18)17-7-3-5-13(16)11-17/h2,4,6,10,13H,3,5,7-9,11,16H2,1H3. The number of carbonyl (C=O) groups is 1. The van der Waals surface area contributed by atoms with E-state index in [4.69, 9.17) is 15.2 Å². The number of benzene rings is 1. The van der Waals surface area contributed by atoms with Gasteiger partial charge in [-0.05, 0) is 31.0 Å². The van der Waals surface area contributed by atoms with Gasteiger partial charge in [0.1, 0.15) is 12.4 Å². The molecule has 5 nitrogen and oxygen atoms in total. The summed E-state index contributed by atoms with van der Waals surface area (Å²) in [5, 5.41) is 0. The number of amides is 1. The average molecular weight is 278 g/mol. The van der Waals surface area contributed by atoms with Crippen LogP contribution >= 0.6 is 0 Å². The second-order valence-electron chi connectivity index (χ2n) is 5.02. The van der Waals surface area contributed by atoms with Crippen molar-refractivity contribution in [1.29, 1.82) is 0 Å². The molecule has 1 aromatic carbocycles. The van der Waals surface area contributed by atoms with Gasteiger partial charge in [0, 0.05) is 31.8 Å². The average Bonchev–Trinajstić information content (AvgIpc) is 2.47. The minimum Gasteiger partial charge on any atom is -0.491 e. The van der Waals surface area contributed by atoms with Gasteiger partial charge in [0.25, 0.3) is 5.91 Å². The van der Waals surface area contributed by atoms with Crippen LogP contribution in [0.15, 0.2) is 24.3 Å². The molecule has 1 fully saturated rings. The van der Waals surface area contributed by atoms with Crippen LogP contribution in [0.3, 0.4) is 0 Å². The van der Waals surface area contributed by atoms with Crippen LogP contribution in [0.1, 0.15) is 23.2 Å². The summed E-state index contributed by atoms with van der Waals surface area (Å²) in [6.07, 6.45) is 1.96. The number of nitrogens with zero attached hydrogens (tertiary/aromatic N) is 1. The van der Waals surface area contributed by atoms with E-state index in [9.17, 15) is 4.79 Å². The molecule has 0 aromatic heterocycles. The normalized spacial score (nSPS) is 18.9. The van der Waals surface area contributed by atoms with E-state index in [0.717, 1.165) is 19.4 Å². The van der Waals surface area contributed by atoms with Crippen LogP contribution in [0.5, 0.6) is 5.75 Å². The Kier molecular flexibility index (Phi) is 5.38. The summed E-state index contributed by atoms with van der Waals surface area (Å²) in [6.45, 7) is 2.41. The van der Waals surface area contributed by atoms with Gasteiger partial charge in [0.05, 0.1) is 6.61 Å². The van der Waals surface area contributed by atoms with Crippen LogP contribution in [-0.4, -0.2) is 50.3 Å². The highest BCUT2D eigenvalue weighted by molar-refractivity contribution is 5.94. The lowest BCUT2D eigenvalue weighted by atomic mass is 10.1. The van der Waals surface area contributed by atoms with E-state index in [1.165, 1.54) is 0 Å². The van der Waals surface area contributed by atoms with Crippen LogP contribution in [0.2, 0.25) is 0 Å². The number of likely N-dealkylation sites (tertiary alicyclic amines) is 1. The molecule has 1 aliphatic heterocycles. The first-order valence-electron chi connectivity index (χ1n) is 6.97. The Balaban J connectivity index is 2.00. The van der Waals surface area contributed by atoms with Crippen molar-refractivity contribution in [3.63, 3.8) is 0 Å². The van der Waals surface area contributed by atoms with E-state index in [-0.39, 0.29) is 11.9 Å². The van der Waals surface area contributed by atoms with Gasteiger partial charge in [-0.2, -0.15) is 0 Å². The number of methoxy groups -OCH3 is 1. The topological polar surface area (TPSA) is 64.8 Å². The summed E-state index contributed by atoms with van der Waals surface area (Å²) >= 11 is 0. The van der Waals surface area contributed by atoms with Gasteiger partial charge in [-0.1, -0.05) is 6.07 Å². The van der Waals surface area contributed by atoms with E-state index in [2.05, 4.69) is 0 Å². The number of hydrogen-bond acceptors (Lipinski definition) is 4. The molecule has 1 unspecified atom stereocenters. The molecule has 1 aliphatic rings. The summed E-state index contributed by atoms with van der Waals surface area (Å²) < 4.78 is 10.5. The lowest BCUT2D eigenvalue weighted by molar-refractivity contribution is 0.0708. The zero-order valence-electron chi connectivity index (χ0n) is 11.9. The van der Waals surface area contributed by atoms with E-state index in [1.807, 2.05) is 23.1 Å². The van der Waals surface area contributed by atoms with Crippen LogP contribution in [-0.2, 0) is 4.74 Å². The summed E-state index contributed by atoms with van der Waals surface area (Å²) in [5.41, 5.74) is 6.57. The Bertz CT molecular complexity index is 450. The molecular weight excluding hydrogens is 256 g/mol. The maximum absolute atomic E-state index is 12.4. The third kappa shape index (κ3) is 3.95. The fourth-order valence-corrected chi connectivity index (χ4v) is 2.34. The Hall–Kier alpha value is -1.59. The van der Waals surface area contributed by atoms with E-state index in [0.29, 0.717) is 31.1 Å². The molecule has 2 N–H and O–H groups in total. The Morgan fingerprint density at radius 1 is 1.45 bits per heavy atom. The van der Waals surface area contributed by atoms with Crippen LogP contribution in [0.25, 0.3) is 0 Å². The van der Waals surface area contributed by atoms with Crippen molar-refractivity contribution < 1.29 is 14.3 Å². The number of piperidine rings is 1. The van der Waals surface area contributed by atoms with E-state index in [1.54, 1.807) is 13.2 Å². The molecule has 20 heavy (non-hydrogen) atoms. The summed E-state index contributed by atoms with van der Waals surface area (Å²) in [7, 11) is 1.63. The minimum atomic E-state index is 0.0253. The largest absolute Gasteiger partial charge is 0.491 e. The molecule has 1 heterocycles. The molecule has 1 amide bonds. The summed E-state index contributed by atoms with van der Waals surface area (Å²) in [5.74, 6) is 0.714. The summed E-state index contributed by atoms with van der Waals surface area (Å²) in [4.78, 5) is 14.2. The van der Waals surface area contributed by atoms with Gasteiger partial charge >= 0.3 is 0 Å². The third-order valence-corrected chi connectivity index (χ3v) is 3.38. The first-order chi connectivity index (χ1) is 9.70. The van der Waals surface area contributed by atoms with Gasteiger partial charge in [-0.15, -0.1) is 0 Å². The van der Waals surface area contributed by atoms with Gasteiger partial charge in [-0.3, -0.25) is 4.79 Å². The van der Waals surface area contributed by atoms with Crippen molar-refractivity contribution in [3.8, 4) is 5.75 Å². The second-order valence-corrected chi connectivity index (χ2v) is 5.02. The number of ether oxygens (including phenoxy) is 2. The highest BCUT2D eigenvalue weighted by Gasteiger charge is 2.22. The first kappa shape index (κ1) is 14.8. The monoisotopic (exact) mass is 278 g/mol. The maximum Gasteiger partial charge on any atom is 0.254 e. The van der Waals surface area contributed by atoms with Gasteiger partial charge in [0.15, 0.2) is 0 Å². The molecular formula is C15H22N2O3. The molecule has 1 saturated heterocycles. The molecule has 0 aliphatic carbocycles. The fourth-order valence-electron chi connectivity index (χ4n) is 2.34. The molecule has 2 rings (SSSR count). The number of nitrogens with two attached hydrogens (primary N) is 1. The second kappa shape index (κ2) is 7.26. The van der Waals surface area contributed by atoms with E-state index < -0.39 is 0 Å². The molecule has 0 spiro atoms. The predicted octanol–water partition coefficient (Wildman–Crippen LogP) is 1.28. The molecule has 0 saturated carbocycles. The van der Waals surface area contributed by atoms with Gasteiger partial charge < -0.3 is 20.1 Å². The van der Waals surface area contributed by atoms with Gasteiger partial charge in [-0.25, -0.2) is 0 Å². The van der Waals surface area contributed by atoms with Crippen molar-refractivity contribution in [2.45, 2.75) is 18.9 Å². The first-order valence-corrected chi connectivity index (χ1v) is 6.97. The zero-order chi connectivity index (χ0) is 14.4.